The van der Waals surface area contributed by atoms with E-state index in [0.717, 1.165) is 15.6 Å². The Balaban J connectivity index is 1.89. The highest BCUT2D eigenvalue weighted by atomic mass is 79.9. The van der Waals surface area contributed by atoms with Crippen LogP contribution in [-0.2, 0) is 6.42 Å². The molecule has 3 nitrogen and oxygen atoms in total. The number of para-hydroxylation sites is 2. The van der Waals surface area contributed by atoms with E-state index in [1.807, 2.05) is 36.4 Å². The van der Waals surface area contributed by atoms with Gasteiger partial charge in [0.15, 0.2) is 5.78 Å². The lowest BCUT2D eigenvalue weighted by molar-refractivity contribution is 0.0988. The molecule has 0 amide bonds. The van der Waals surface area contributed by atoms with Gasteiger partial charge in [0.2, 0.25) is 0 Å². The van der Waals surface area contributed by atoms with E-state index in [-0.39, 0.29) is 12.2 Å². The molecule has 0 aliphatic rings. The van der Waals surface area contributed by atoms with Gasteiger partial charge in [0.1, 0.15) is 5.69 Å². The normalized spacial score (nSPS) is 10.8. The summed E-state index contributed by atoms with van der Waals surface area (Å²) in [4.78, 5) is 20.9. The van der Waals surface area contributed by atoms with Crippen molar-refractivity contribution in [2.45, 2.75) is 6.42 Å². The van der Waals surface area contributed by atoms with Crippen LogP contribution in [0, 0.1) is 0 Å². The fourth-order valence-electron chi connectivity index (χ4n) is 2.02. The Morgan fingerprint density at radius 3 is 2.67 bits per heavy atom. The van der Waals surface area contributed by atoms with Gasteiger partial charge in [-0.15, -0.1) is 0 Å². The molecule has 0 radical (unpaired) electrons. The Hall–Kier alpha value is -1.78. The van der Waals surface area contributed by atoms with Crippen molar-refractivity contribution in [3.8, 4) is 0 Å². The number of carbonyl (C=O) groups is 1. The first-order valence-corrected chi connectivity index (χ1v) is 7.49. The van der Waals surface area contributed by atoms with Crippen molar-refractivity contribution in [2.24, 2.45) is 0 Å². The fourth-order valence-corrected chi connectivity index (χ4v) is 2.76. The maximum Gasteiger partial charge on any atom is 0.187 e. The summed E-state index contributed by atoms with van der Waals surface area (Å²) in [6, 6.07) is 12.9. The number of rotatable bonds is 3. The van der Waals surface area contributed by atoms with E-state index in [4.69, 9.17) is 11.6 Å². The van der Waals surface area contributed by atoms with Crippen LogP contribution in [0.2, 0.25) is 5.02 Å². The second kappa shape index (κ2) is 5.92. The van der Waals surface area contributed by atoms with Crippen LogP contribution in [-0.4, -0.2) is 15.8 Å². The predicted octanol–water partition coefficient (Wildman–Crippen LogP) is 4.47. The zero-order valence-corrected chi connectivity index (χ0v) is 13.2. The van der Waals surface area contributed by atoms with Crippen molar-refractivity contribution in [3.05, 3.63) is 69.4 Å². The zero-order chi connectivity index (χ0) is 14.8. The number of Topliss-reactive ketones (excluding diaryl/α,β-unsaturated/α-hetero) is 1. The monoisotopic (exact) mass is 360 g/mol. The smallest absolute Gasteiger partial charge is 0.187 e. The van der Waals surface area contributed by atoms with Crippen LogP contribution < -0.4 is 0 Å². The van der Waals surface area contributed by atoms with Gasteiger partial charge in [-0.1, -0.05) is 45.7 Å². The van der Waals surface area contributed by atoms with Gasteiger partial charge in [0.25, 0.3) is 0 Å². The molecular weight excluding hydrogens is 352 g/mol. The lowest BCUT2D eigenvalue weighted by Gasteiger charge is -2.05. The second-order valence-electron chi connectivity index (χ2n) is 4.58. The fraction of sp³-hybridized carbons (Fsp3) is 0.0625. The molecule has 0 aliphatic heterocycles. The quantitative estimate of drug-likeness (QED) is 0.646. The molecule has 104 valence electrons. The van der Waals surface area contributed by atoms with Crippen molar-refractivity contribution in [1.82, 2.24) is 9.97 Å². The van der Waals surface area contributed by atoms with Gasteiger partial charge in [0, 0.05) is 15.9 Å². The van der Waals surface area contributed by atoms with Crippen molar-refractivity contribution in [3.63, 3.8) is 0 Å². The molecule has 0 N–H and O–H groups in total. The molecular formula is C16H10BrClN2O. The van der Waals surface area contributed by atoms with Crippen LogP contribution in [0.5, 0.6) is 0 Å². The molecule has 3 aromatic rings. The Labute approximate surface area is 135 Å². The van der Waals surface area contributed by atoms with Crippen LogP contribution in [0.1, 0.15) is 16.1 Å². The second-order valence-corrected chi connectivity index (χ2v) is 5.90. The van der Waals surface area contributed by atoms with E-state index in [1.54, 1.807) is 6.07 Å². The third-order valence-corrected chi connectivity index (χ3v) is 3.95. The van der Waals surface area contributed by atoms with E-state index >= 15 is 0 Å². The van der Waals surface area contributed by atoms with Crippen LogP contribution in [0.3, 0.4) is 0 Å². The first-order chi connectivity index (χ1) is 10.1. The van der Waals surface area contributed by atoms with Gasteiger partial charge >= 0.3 is 0 Å². The first-order valence-electron chi connectivity index (χ1n) is 6.32. The van der Waals surface area contributed by atoms with Crippen molar-refractivity contribution < 1.29 is 4.79 Å². The molecule has 5 heteroatoms. The third-order valence-electron chi connectivity index (χ3n) is 3.10. The molecule has 0 unspecified atom stereocenters. The molecule has 3 rings (SSSR count). The van der Waals surface area contributed by atoms with Gasteiger partial charge in [-0.05, 0) is 29.8 Å². The van der Waals surface area contributed by atoms with Gasteiger partial charge in [-0.3, -0.25) is 9.78 Å². The number of fused-ring (bicyclic) bond motifs is 1. The topological polar surface area (TPSA) is 42.9 Å². The number of benzene rings is 2. The minimum absolute atomic E-state index is 0.0996. The minimum Gasteiger partial charge on any atom is -0.292 e. The molecule has 0 atom stereocenters. The van der Waals surface area contributed by atoms with Gasteiger partial charge in [-0.2, -0.15) is 0 Å². The van der Waals surface area contributed by atoms with Gasteiger partial charge in [0.05, 0.1) is 17.2 Å². The molecule has 1 aromatic heterocycles. The molecule has 2 aromatic carbocycles. The summed E-state index contributed by atoms with van der Waals surface area (Å²) in [5.41, 5.74) is 2.62. The molecule has 0 bridgehead atoms. The average molecular weight is 362 g/mol. The van der Waals surface area contributed by atoms with Crippen molar-refractivity contribution in [1.29, 1.82) is 0 Å². The number of hydrogen-bond donors (Lipinski definition) is 0. The highest BCUT2D eigenvalue weighted by Crippen LogP contribution is 2.22. The predicted molar refractivity (Wildman–Crippen MR) is 86.7 cm³/mol. The lowest BCUT2D eigenvalue weighted by atomic mass is 10.1. The van der Waals surface area contributed by atoms with E-state index < -0.39 is 0 Å². The number of halogens is 2. The molecule has 0 saturated heterocycles. The molecule has 0 fully saturated rings. The molecule has 0 saturated carbocycles. The SMILES string of the molecule is O=C(Cc1ccc(Br)cc1Cl)c1cnc2ccccc2n1. The number of ketones is 1. The standard InChI is InChI=1S/C16H10BrClN2O/c17-11-6-5-10(12(18)8-11)7-16(21)15-9-19-13-3-1-2-4-14(13)20-15/h1-6,8-9H,7H2. The minimum atomic E-state index is -0.0996. The first kappa shape index (κ1) is 14.2. The number of aromatic nitrogens is 2. The van der Waals surface area contributed by atoms with Gasteiger partial charge in [-0.25, -0.2) is 4.98 Å². The van der Waals surface area contributed by atoms with Crippen LogP contribution in [0.25, 0.3) is 11.0 Å². The largest absolute Gasteiger partial charge is 0.292 e. The number of hydrogen-bond acceptors (Lipinski definition) is 3. The van der Waals surface area contributed by atoms with Crippen LogP contribution >= 0.6 is 27.5 Å². The van der Waals surface area contributed by atoms with Crippen LogP contribution in [0.4, 0.5) is 0 Å². The highest BCUT2D eigenvalue weighted by Gasteiger charge is 2.12. The Morgan fingerprint density at radius 1 is 1.14 bits per heavy atom. The molecule has 0 aliphatic carbocycles. The summed E-state index contributed by atoms with van der Waals surface area (Å²) in [7, 11) is 0. The van der Waals surface area contributed by atoms with E-state index in [2.05, 4.69) is 25.9 Å². The molecule has 1 heterocycles. The van der Waals surface area contributed by atoms with Crippen LogP contribution in [0.15, 0.2) is 53.1 Å². The summed E-state index contributed by atoms with van der Waals surface area (Å²) < 4.78 is 0.884. The van der Waals surface area contributed by atoms with Crippen molar-refractivity contribution in [2.75, 3.05) is 0 Å². The van der Waals surface area contributed by atoms with E-state index in [0.29, 0.717) is 16.2 Å². The maximum absolute atomic E-state index is 12.3. The lowest BCUT2D eigenvalue weighted by Crippen LogP contribution is -2.07. The summed E-state index contributed by atoms with van der Waals surface area (Å²) in [6.45, 7) is 0. The van der Waals surface area contributed by atoms with E-state index in [1.165, 1.54) is 6.20 Å². The Kier molecular flexibility index (Phi) is 3.99. The van der Waals surface area contributed by atoms with E-state index in [9.17, 15) is 4.79 Å². The number of carbonyl (C=O) groups excluding carboxylic acids is 1. The highest BCUT2D eigenvalue weighted by molar-refractivity contribution is 9.10. The summed E-state index contributed by atoms with van der Waals surface area (Å²) >= 11 is 9.48. The molecule has 21 heavy (non-hydrogen) atoms. The molecule has 0 spiro atoms. The third kappa shape index (κ3) is 3.12. The number of nitrogens with zero attached hydrogens (tertiary/aromatic N) is 2. The van der Waals surface area contributed by atoms with Gasteiger partial charge < -0.3 is 0 Å². The summed E-state index contributed by atoms with van der Waals surface area (Å²) in [5.74, 6) is -0.0996. The Bertz CT molecular complexity index is 835. The maximum atomic E-state index is 12.3. The zero-order valence-electron chi connectivity index (χ0n) is 10.9. The van der Waals surface area contributed by atoms with Crippen molar-refractivity contribution >= 4 is 44.3 Å². The Morgan fingerprint density at radius 2 is 1.90 bits per heavy atom. The average Bonchev–Trinajstić information content (AvgIpc) is 2.49. The summed E-state index contributed by atoms with van der Waals surface area (Å²) in [6.07, 6.45) is 1.72. The summed E-state index contributed by atoms with van der Waals surface area (Å²) in [5, 5.41) is 0.562.